The molecule has 0 saturated carbocycles. The monoisotopic (exact) mass is 243 g/mol. The Labute approximate surface area is 108 Å². The van der Waals surface area contributed by atoms with Crippen LogP contribution in [-0.2, 0) is 0 Å². The highest BCUT2D eigenvalue weighted by Gasteiger charge is 2.19. The molecule has 2 heteroatoms. The minimum atomic E-state index is -0.287. The third-order valence-electron chi connectivity index (χ3n) is 3.17. The lowest BCUT2D eigenvalue weighted by atomic mass is 9.85. The van der Waals surface area contributed by atoms with E-state index in [0.717, 1.165) is 5.69 Å². The molecular weight excluding hydrogens is 225 g/mol. The molecule has 0 saturated heterocycles. The number of hydrogen-bond acceptors (Lipinski definition) is 1. The summed E-state index contributed by atoms with van der Waals surface area (Å²) in [5.74, 6) is 0.349. The first-order chi connectivity index (χ1) is 8.58. The van der Waals surface area contributed by atoms with Gasteiger partial charge in [-0.15, -0.1) is 0 Å². The Morgan fingerprint density at radius 2 is 1.67 bits per heavy atom. The van der Waals surface area contributed by atoms with Crippen LogP contribution in [0.15, 0.2) is 42.6 Å². The Hall–Kier alpha value is -1.70. The van der Waals surface area contributed by atoms with Gasteiger partial charge in [0, 0.05) is 11.6 Å². The molecule has 0 aliphatic rings. The van der Waals surface area contributed by atoms with Gasteiger partial charge in [0.15, 0.2) is 0 Å². The van der Waals surface area contributed by atoms with E-state index in [9.17, 15) is 4.39 Å². The highest BCUT2D eigenvalue weighted by molar-refractivity contribution is 5.31. The van der Waals surface area contributed by atoms with Gasteiger partial charge in [-0.25, -0.2) is 4.39 Å². The van der Waals surface area contributed by atoms with Crippen LogP contribution in [0.2, 0.25) is 0 Å². The molecule has 94 valence electrons. The van der Waals surface area contributed by atoms with E-state index in [0.29, 0.717) is 5.92 Å². The molecule has 0 N–H and O–H groups in total. The second-order valence-electron chi connectivity index (χ2n) is 5.03. The molecule has 0 bridgehead atoms. The maximum Gasteiger partial charge on any atom is 0.141 e. The molecule has 0 radical (unpaired) electrons. The van der Waals surface area contributed by atoms with Crippen LogP contribution in [0.25, 0.3) is 0 Å². The van der Waals surface area contributed by atoms with E-state index in [-0.39, 0.29) is 11.7 Å². The minimum Gasteiger partial charge on any atom is -0.258 e. The molecule has 0 fully saturated rings. The van der Waals surface area contributed by atoms with E-state index in [1.54, 1.807) is 6.07 Å². The smallest absolute Gasteiger partial charge is 0.141 e. The molecular formula is C16H18FN. The third-order valence-corrected chi connectivity index (χ3v) is 3.17. The lowest BCUT2D eigenvalue weighted by Crippen LogP contribution is -2.10. The van der Waals surface area contributed by atoms with Gasteiger partial charge < -0.3 is 0 Å². The Bertz CT molecular complexity index is 454. The maximum absolute atomic E-state index is 12.9. The van der Waals surface area contributed by atoms with E-state index in [1.165, 1.54) is 23.4 Å². The van der Waals surface area contributed by atoms with Crippen molar-refractivity contribution < 1.29 is 4.39 Å². The predicted molar refractivity (Wildman–Crippen MR) is 72.1 cm³/mol. The molecule has 0 spiro atoms. The van der Waals surface area contributed by atoms with Crippen molar-refractivity contribution in [2.45, 2.75) is 26.7 Å². The summed E-state index contributed by atoms with van der Waals surface area (Å²) in [6.07, 6.45) is 1.29. The quantitative estimate of drug-likeness (QED) is 0.782. The van der Waals surface area contributed by atoms with Crippen molar-refractivity contribution in [1.82, 2.24) is 4.98 Å². The first-order valence-corrected chi connectivity index (χ1v) is 6.26. The highest BCUT2D eigenvalue weighted by Crippen LogP contribution is 2.30. The number of aryl methyl sites for hydroxylation is 1. The van der Waals surface area contributed by atoms with Crippen molar-refractivity contribution in [3.05, 3.63) is 65.2 Å². The van der Waals surface area contributed by atoms with Gasteiger partial charge in [0.05, 0.1) is 6.20 Å². The fraction of sp³-hybridized carbons (Fsp3) is 0.312. The van der Waals surface area contributed by atoms with E-state index >= 15 is 0 Å². The van der Waals surface area contributed by atoms with Crippen molar-refractivity contribution in [3.63, 3.8) is 0 Å². The second-order valence-corrected chi connectivity index (χ2v) is 5.03. The molecule has 18 heavy (non-hydrogen) atoms. The van der Waals surface area contributed by atoms with Crippen LogP contribution in [0.4, 0.5) is 4.39 Å². The van der Waals surface area contributed by atoms with Crippen LogP contribution in [0.3, 0.4) is 0 Å². The summed E-state index contributed by atoms with van der Waals surface area (Å²) in [7, 11) is 0. The van der Waals surface area contributed by atoms with Crippen molar-refractivity contribution in [3.8, 4) is 0 Å². The summed E-state index contributed by atoms with van der Waals surface area (Å²) in [6.45, 7) is 6.40. The number of benzene rings is 1. The zero-order valence-corrected chi connectivity index (χ0v) is 11.0. The molecule has 1 heterocycles. The van der Waals surface area contributed by atoms with Crippen LogP contribution in [0.5, 0.6) is 0 Å². The molecule has 0 amide bonds. The fourth-order valence-corrected chi connectivity index (χ4v) is 2.24. The van der Waals surface area contributed by atoms with E-state index < -0.39 is 0 Å². The average Bonchev–Trinajstić information content (AvgIpc) is 2.34. The van der Waals surface area contributed by atoms with Crippen LogP contribution >= 0.6 is 0 Å². The van der Waals surface area contributed by atoms with Gasteiger partial charge in [0.1, 0.15) is 5.82 Å². The summed E-state index contributed by atoms with van der Waals surface area (Å²) in [4.78, 5) is 4.22. The molecule has 0 aliphatic carbocycles. The van der Waals surface area contributed by atoms with Crippen molar-refractivity contribution in [2.75, 3.05) is 0 Å². The largest absolute Gasteiger partial charge is 0.258 e. The van der Waals surface area contributed by atoms with Crippen LogP contribution in [0, 0.1) is 18.7 Å². The highest BCUT2D eigenvalue weighted by atomic mass is 19.1. The number of nitrogens with zero attached hydrogens (tertiary/aromatic N) is 1. The van der Waals surface area contributed by atoms with E-state index in [1.807, 2.05) is 0 Å². The number of aromatic nitrogens is 1. The first kappa shape index (κ1) is 12.7. The Morgan fingerprint density at radius 1 is 1.00 bits per heavy atom. The van der Waals surface area contributed by atoms with Crippen molar-refractivity contribution >= 4 is 0 Å². The molecule has 1 atom stereocenters. The minimum absolute atomic E-state index is 0.214. The topological polar surface area (TPSA) is 12.9 Å². The average molecular weight is 243 g/mol. The molecule has 1 unspecified atom stereocenters. The van der Waals surface area contributed by atoms with E-state index in [2.05, 4.69) is 50.0 Å². The van der Waals surface area contributed by atoms with Gasteiger partial charge in [0.2, 0.25) is 0 Å². The van der Waals surface area contributed by atoms with Crippen LogP contribution in [0.1, 0.15) is 36.6 Å². The lowest BCUT2D eigenvalue weighted by molar-refractivity contribution is 0.546. The van der Waals surface area contributed by atoms with Gasteiger partial charge in [0.25, 0.3) is 0 Å². The number of rotatable bonds is 3. The van der Waals surface area contributed by atoms with E-state index in [4.69, 9.17) is 0 Å². The van der Waals surface area contributed by atoms with Gasteiger partial charge in [-0.05, 0) is 30.5 Å². The van der Waals surface area contributed by atoms with Gasteiger partial charge >= 0.3 is 0 Å². The normalized spacial score (nSPS) is 12.7. The van der Waals surface area contributed by atoms with Crippen molar-refractivity contribution in [2.24, 2.45) is 5.92 Å². The van der Waals surface area contributed by atoms with Crippen LogP contribution < -0.4 is 0 Å². The predicted octanol–water partition coefficient (Wildman–Crippen LogP) is 4.32. The van der Waals surface area contributed by atoms with Crippen molar-refractivity contribution in [1.29, 1.82) is 0 Å². The molecule has 2 rings (SSSR count). The Balaban J connectivity index is 2.39. The molecule has 1 nitrogen and oxygen atoms in total. The molecule has 2 aromatic rings. The Kier molecular flexibility index (Phi) is 3.75. The van der Waals surface area contributed by atoms with Gasteiger partial charge in [-0.1, -0.05) is 43.7 Å². The summed E-state index contributed by atoms with van der Waals surface area (Å²) in [6, 6.07) is 11.7. The number of halogens is 1. The fourth-order valence-electron chi connectivity index (χ4n) is 2.24. The second kappa shape index (κ2) is 5.30. The SMILES string of the molecule is Cc1ccc(C(c2ccc(F)cn2)C(C)C)cc1. The molecule has 0 aliphatic heterocycles. The van der Waals surface area contributed by atoms with Crippen LogP contribution in [-0.4, -0.2) is 4.98 Å². The summed E-state index contributed by atoms with van der Waals surface area (Å²) in [5, 5.41) is 0. The van der Waals surface area contributed by atoms with Gasteiger partial charge in [-0.2, -0.15) is 0 Å². The summed E-state index contributed by atoms with van der Waals surface area (Å²) in [5.41, 5.74) is 3.40. The molecule has 1 aromatic heterocycles. The summed E-state index contributed by atoms with van der Waals surface area (Å²) >= 11 is 0. The zero-order valence-electron chi connectivity index (χ0n) is 11.0. The Morgan fingerprint density at radius 3 is 2.17 bits per heavy atom. The summed E-state index contributed by atoms with van der Waals surface area (Å²) < 4.78 is 12.9. The molecule has 1 aromatic carbocycles. The first-order valence-electron chi connectivity index (χ1n) is 6.26. The van der Waals surface area contributed by atoms with Gasteiger partial charge in [-0.3, -0.25) is 4.98 Å². The zero-order chi connectivity index (χ0) is 13.1. The lowest BCUT2D eigenvalue weighted by Gasteiger charge is -2.21. The number of pyridine rings is 1. The number of hydrogen-bond donors (Lipinski definition) is 0. The third kappa shape index (κ3) is 2.76. The maximum atomic E-state index is 12.9. The standard InChI is InChI=1S/C16H18FN/c1-11(2)16(13-6-4-12(3)5-7-13)15-9-8-14(17)10-18-15/h4-11,16H,1-3H3.